The van der Waals surface area contributed by atoms with Crippen LogP contribution in [-0.2, 0) is 9.59 Å². The van der Waals surface area contributed by atoms with E-state index in [1.807, 2.05) is 6.26 Å². The fourth-order valence-electron chi connectivity index (χ4n) is 0.910. The summed E-state index contributed by atoms with van der Waals surface area (Å²) < 4.78 is 0. The molecule has 0 radical (unpaired) electrons. The van der Waals surface area contributed by atoms with E-state index in [-0.39, 0.29) is 0 Å². The Morgan fingerprint density at radius 2 is 2.07 bits per heavy atom. The van der Waals surface area contributed by atoms with Crippen LogP contribution in [0.4, 0.5) is 0 Å². The molecule has 82 valence electrons. The van der Waals surface area contributed by atoms with Crippen LogP contribution in [0, 0.1) is 0 Å². The summed E-state index contributed by atoms with van der Waals surface area (Å²) in [4.78, 5) is 32.3. The zero-order valence-electron chi connectivity index (χ0n) is 8.74. The maximum Gasteiger partial charge on any atom is 0.331 e. The van der Waals surface area contributed by atoms with Crippen LogP contribution in [0.15, 0.2) is 0 Å². The molecule has 0 spiro atoms. The van der Waals surface area contributed by atoms with E-state index in [9.17, 15) is 14.4 Å². The lowest BCUT2D eigenvalue weighted by Crippen LogP contribution is -2.56. The van der Waals surface area contributed by atoms with Crippen LogP contribution in [-0.4, -0.2) is 42.0 Å². The van der Waals surface area contributed by atoms with Gasteiger partial charge in [0.1, 0.15) is 5.41 Å². The molecule has 0 aliphatic rings. The van der Waals surface area contributed by atoms with Crippen LogP contribution in [0.2, 0.25) is 6.55 Å². The van der Waals surface area contributed by atoms with E-state index < -0.39 is 25.2 Å². The number of rotatable bonds is 6. The van der Waals surface area contributed by atoms with Gasteiger partial charge in [0, 0.05) is 0 Å². The molecule has 4 nitrogen and oxygen atoms in total. The molecular weight excluding hydrogens is 218 g/mol. The summed E-state index contributed by atoms with van der Waals surface area (Å²) in [5, 5.41) is -0.888. The normalized spacial score (nSPS) is 17.2. The SMILES string of the molecule is CSCC[C@H](N)C(=O)[Si](C)(O)C(C)=O. The van der Waals surface area contributed by atoms with E-state index in [4.69, 9.17) is 5.73 Å². The third kappa shape index (κ3) is 3.53. The maximum absolute atomic E-state index is 11.6. The summed E-state index contributed by atoms with van der Waals surface area (Å²) in [5.41, 5.74) is 5.59. The van der Waals surface area contributed by atoms with Crippen LogP contribution < -0.4 is 5.73 Å². The fraction of sp³-hybridized carbons (Fsp3) is 0.750. The lowest BCUT2D eigenvalue weighted by molar-refractivity contribution is -0.118. The molecule has 0 amide bonds. The average molecular weight is 235 g/mol. The highest BCUT2D eigenvalue weighted by Gasteiger charge is 2.42. The van der Waals surface area contributed by atoms with E-state index in [2.05, 4.69) is 0 Å². The quantitative estimate of drug-likeness (QED) is 0.627. The molecule has 0 aromatic rings. The molecule has 2 atom stereocenters. The minimum absolute atomic E-state index is 0.429. The fourth-order valence-corrected chi connectivity index (χ4v) is 2.61. The van der Waals surface area contributed by atoms with E-state index in [1.165, 1.54) is 13.5 Å². The smallest absolute Gasteiger partial charge is 0.331 e. The highest BCUT2D eigenvalue weighted by atomic mass is 32.2. The summed E-state index contributed by atoms with van der Waals surface area (Å²) in [7, 11) is -3.41. The van der Waals surface area contributed by atoms with Gasteiger partial charge < -0.3 is 15.3 Å². The Hall–Kier alpha value is -0.173. The Bertz CT molecular complexity index is 233. The van der Waals surface area contributed by atoms with Gasteiger partial charge in [-0.25, -0.2) is 0 Å². The minimum Gasteiger partial charge on any atom is -0.421 e. The number of carbonyl (C=O) groups is 2. The van der Waals surface area contributed by atoms with Gasteiger partial charge in [0.15, 0.2) is 5.41 Å². The molecule has 0 aromatic heterocycles. The molecule has 0 fully saturated rings. The monoisotopic (exact) mass is 235 g/mol. The number of nitrogens with two attached hydrogens (primary N) is 1. The van der Waals surface area contributed by atoms with Crippen molar-refractivity contribution in [1.82, 2.24) is 0 Å². The van der Waals surface area contributed by atoms with Gasteiger partial charge in [-0.05, 0) is 31.9 Å². The summed E-state index contributed by atoms with van der Waals surface area (Å²) in [6.45, 7) is 2.57. The third-order valence-corrected chi connectivity index (χ3v) is 5.48. The molecule has 14 heavy (non-hydrogen) atoms. The Morgan fingerprint density at radius 3 is 2.43 bits per heavy atom. The first-order chi connectivity index (χ1) is 6.34. The second kappa shape index (κ2) is 5.65. The first kappa shape index (κ1) is 13.8. The first-order valence-electron chi connectivity index (χ1n) is 4.36. The second-order valence-corrected chi connectivity index (χ2v) is 7.71. The van der Waals surface area contributed by atoms with Crippen LogP contribution in [0.1, 0.15) is 13.3 Å². The van der Waals surface area contributed by atoms with E-state index >= 15 is 0 Å². The highest BCUT2D eigenvalue weighted by Crippen LogP contribution is 2.07. The van der Waals surface area contributed by atoms with Crippen molar-refractivity contribution in [2.24, 2.45) is 5.73 Å². The molecule has 0 aliphatic heterocycles. The van der Waals surface area contributed by atoms with Crippen molar-refractivity contribution in [1.29, 1.82) is 0 Å². The van der Waals surface area contributed by atoms with Crippen LogP contribution in [0.3, 0.4) is 0 Å². The predicted octanol–water partition coefficient (Wildman–Crippen LogP) is -0.129. The summed E-state index contributed by atoms with van der Waals surface area (Å²) in [6, 6.07) is -0.701. The Balaban J connectivity index is 4.38. The molecule has 1 unspecified atom stereocenters. The third-order valence-electron chi connectivity index (χ3n) is 2.14. The molecule has 0 aliphatic carbocycles. The molecule has 0 bridgehead atoms. The Morgan fingerprint density at radius 1 is 1.57 bits per heavy atom. The number of thioether (sulfide) groups is 1. The van der Waals surface area contributed by atoms with Gasteiger partial charge in [-0.3, -0.25) is 4.79 Å². The van der Waals surface area contributed by atoms with Crippen LogP contribution >= 0.6 is 11.8 Å². The molecular formula is C8H17NO3SSi. The molecule has 6 heteroatoms. The van der Waals surface area contributed by atoms with Gasteiger partial charge in [0.25, 0.3) is 0 Å². The molecule has 0 saturated carbocycles. The van der Waals surface area contributed by atoms with Crippen molar-refractivity contribution in [3.05, 3.63) is 0 Å². The molecule has 0 rings (SSSR count). The summed E-state index contributed by atoms with van der Waals surface area (Å²) in [6.07, 6.45) is 2.42. The first-order valence-corrected chi connectivity index (χ1v) is 8.20. The second-order valence-electron chi connectivity index (χ2n) is 3.38. The van der Waals surface area contributed by atoms with Gasteiger partial charge in [0.2, 0.25) is 0 Å². The van der Waals surface area contributed by atoms with Crippen molar-refractivity contribution in [3.8, 4) is 0 Å². The Labute approximate surface area is 89.4 Å². The van der Waals surface area contributed by atoms with Crippen molar-refractivity contribution in [2.45, 2.75) is 25.9 Å². The number of hydrogen-bond donors (Lipinski definition) is 2. The molecule has 0 saturated heterocycles. The van der Waals surface area contributed by atoms with Crippen molar-refractivity contribution in [2.75, 3.05) is 12.0 Å². The topological polar surface area (TPSA) is 80.4 Å². The number of carbonyl (C=O) groups excluding carboxylic acids is 2. The van der Waals surface area contributed by atoms with Crippen molar-refractivity contribution in [3.63, 3.8) is 0 Å². The molecule has 0 heterocycles. The maximum atomic E-state index is 11.6. The van der Waals surface area contributed by atoms with Gasteiger partial charge in [0.05, 0.1) is 6.04 Å². The van der Waals surface area contributed by atoms with Crippen molar-refractivity contribution < 1.29 is 14.4 Å². The van der Waals surface area contributed by atoms with E-state index in [1.54, 1.807) is 11.8 Å². The predicted molar refractivity (Wildman–Crippen MR) is 60.5 cm³/mol. The molecule has 3 N–H and O–H groups in total. The lowest BCUT2D eigenvalue weighted by atomic mass is 10.3. The molecule has 0 aromatic carbocycles. The zero-order chi connectivity index (χ0) is 11.4. The van der Waals surface area contributed by atoms with Crippen LogP contribution in [0.25, 0.3) is 0 Å². The van der Waals surface area contributed by atoms with Gasteiger partial charge in [-0.15, -0.1) is 0 Å². The van der Waals surface area contributed by atoms with Gasteiger partial charge in [-0.1, -0.05) is 0 Å². The minimum atomic E-state index is -3.41. The van der Waals surface area contributed by atoms with Gasteiger partial charge in [-0.2, -0.15) is 11.8 Å². The van der Waals surface area contributed by atoms with Crippen molar-refractivity contribution >= 4 is 30.9 Å². The Kier molecular flexibility index (Phi) is 5.58. The van der Waals surface area contributed by atoms with Gasteiger partial charge >= 0.3 is 8.32 Å². The lowest BCUT2D eigenvalue weighted by Gasteiger charge is -2.19. The largest absolute Gasteiger partial charge is 0.421 e. The van der Waals surface area contributed by atoms with E-state index in [0.717, 1.165) is 5.75 Å². The average Bonchev–Trinajstić information content (AvgIpc) is 2.12. The number of hydrogen-bond acceptors (Lipinski definition) is 5. The van der Waals surface area contributed by atoms with Crippen LogP contribution in [0.5, 0.6) is 0 Å². The summed E-state index contributed by atoms with van der Waals surface area (Å²) in [5.74, 6) is 0.759. The summed E-state index contributed by atoms with van der Waals surface area (Å²) >= 11 is 1.58. The highest BCUT2D eigenvalue weighted by molar-refractivity contribution is 7.98. The van der Waals surface area contributed by atoms with E-state index in [0.29, 0.717) is 6.42 Å². The zero-order valence-corrected chi connectivity index (χ0v) is 10.6. The standard InChI is InChI=1S/C8H17NO3SSi/c1-6(10)14(3,12)8(11)7(9)4-5-13-2/h7,12H,4-5,9H2,1-3H3/t7-,14?/m0/s1.